The second-order valence-electron chi connectivity index (χ2n) is 5.84. The molecular formula is C15H22N6O2. The van der Waals surface area contributed by atoms with Gasteiger partial charge in [-0.15, -0.1) is 0 Å². The van der Waals surface area contributed by atoms with Gasteiger partial charge in [-0.05, 0) is 26.8 Å². The molecule has 1 aliphatic heterocycles. The van der Waals surface area contributed by atoms with Crippen LogP contribution >= 0.6 is 0 Å². The zero-order valence-electron chi connectivity index (χ0n) is 13.5. The molecule has 0 spiro atoms. The van der Waals surface area contributed by atoms with Gasteiger partial charge in [0.15, 0.2) is 5.82 Å². The maximum atomic E-state index is 5.56. The summed E-state index contributed by atoms with van der Waals surface area (Å²) >= 11 is 0. The van der Waals surface area contributed by atoms with Gasteiger partial charge in [0.1, 0.15) is 0 Å². The Morgan fingerprint density at radius 3 is 2.78 bits per heavy atom. The van der Waals surface area contributed by atoms with Crippen LogP contribution in [-0.2, 0) is 17.8 Å². The average Bonchev–Trinajstić information content (AvgIpc) is 3.18. The van der Waals surface area contributed by atoms with Gasteiger partial charge < -0.3 is 14.6 Å². The van der Waals surface area contributed by atoms with E-state index in [9.17, 15) is 0 Å². The summed E-state index contributed by atoms with van der Waals surface area (Å²) in [5.41, 5.74) is 1.03. The zero-order valence-corrected chi connectivity index (χ0v) is 13.5. The van der Waals surface area contributed by atoms with E-state index in [1.54, 1.807) is 0 Å². The Morgan fingerprint density at radius 2 is 2.13 bits per heavy atom. The Hall–Kier alpha value is -2.06. The first-order valence-electron chi connectivity index (χ1n) is 7.83. The van der Waals surface area contributed by atoms with Crippen LogP contribution < -0.4 is 5.32 Å². The van der Waals surface area contributed by atoms with Gasteiger partial charge in [-0.3, -0.25) is 4.90 Å². The van der Waals surface area contributed by atoms with Gasteiger partial charge in [0, 0.05) is 37.7 Å². The molecule has 0 bridgehead atoms. The summed E-state index contributed by atoms with van der Waals surface area (Å²) in [5, 5.41) is 7.00. The van der Waals surface area contributed by atoms with E-state index in [4.69, 9.17) is 9.26 Å². The fraction of sp³-hybridized carbons (Fsp3) is 0.600. The number of ether oxygens (including phenoxy) is 1. The van der Waals surface area contributed by atoms with Gasteiger partial charge in [0.05, 0.1) is 12.6 Å². The number of hydrogen-bond acceptors (Lipinski definition) is 8. The van der Waals surface area contributed by atoms with Gasteiger partial charge in [-0.1, -0.05) is 5.16 Å². The van der Waals surface area contributed by atoms with Crippen molar-refractivity contribution in [2.75, 3.05) is 25.5 Å². The van der Waals surface area contributed by atoms with Crippen LogP contribution in [0.1, 0.15) is 30.1 Å². The van der Waals surface area contributed by atoms with E-state index in [-0.39, 0.29) is 6.10 Å². The van der Waals surface area contributed by atoms with E-state index in [2.05, 4.69) is 30.3 Å². The Kier molecular flexibility index (Phi) is 5.14. The second-order valence-corrected chi connectivity index (χ2v) is 5.84. The summed E-state index contributed by atoms with van der Waals surface area (Å²) in [6.45, 7) is 4.74. The van der Waals surface area contributed by atoms with Crippen molar-refractivity contribution in [1.82, 2.24) is 25.0 Å². The lowest BCUT2D eigenvalue weighted by Gasteiger charge is -2.14. The zero-order chi connectivity index (χ0) is 16.1. The Labute approximate surface area is 135 Å². The van der Waals surface area contributed by atoms with Crippen LogP contribution in [0.15, 0.2) is 16.9 Å². The van der Waals surface area contributed by atoms with E-state index < -0.39 is 0 Å². The number of anilines is 1. The molecule has 1 saturated heterocycles. The molecule has 0 radical (unpaired) electrons. The molecule has 124 valence electrons. The average molecular weight is 318 g/mol. The Morgan fingerprint density at radius 1 is 1.30 bits per heavy atom. The maximum Gasteiger partial charge on any atom is 0.240 e. The van der Waals surface area contributed by atoms with Crippen LogP contribution in [0.3, 0.4) is 0 Å². The molecule has 1 N–H and O–H groups in total. The van der Waals surface area contributed by atoms with Crippen LogP contribution in [0.4, 0.5) is 5.95 Å². The minimum Gasteiger partial charge on any atom is -0.376 e. The lowest BCUT2D eigenvalue weighted by atomic mass is 10.2. The summed E-state index contributed by atoms with van der Waals surface area (Å²) in [6, 6.07) is 0. The van der Waals surface area contributed by atoms with Crippen molar-refractivity contribution < 1.29 is 9.26 Å². The third-order valence-corrected chi connectivity index (χ3v) is 3.64. The van der Waals surface area contributed by atoms with Gasteiger partial charge in [0.25, 0.3) is 0 Å². The van der Waals surface area contributed by atoms with Crippen molar-refractivity contribution in [3.63, 3.8) is 0 Å². The molecule has 8 heteroatoms. The smallest absolute Gasteiger partial charge is 0.240 e. The normalized spacial score (nSPS) is 17.8. The maximum absolute atomic E-state index is 5.56. The lowest BCUT2D eigenvalue weighted by Crippen LogP contribution is -2.20. The molecule has 2 aromatic rings. The van der Waals surface area contributed by atoms with Crippen molar-refractivity contribution in [3.8, 4) is 0 Å². The number of rotatable bonds is 7. The first-order chi connectivity index (χ1) is 11.2. The highest BCUT2D eigenvalue weighted by atomic mass is 16.5. The van der Waals surface area contributed by atoms with Crippen molar-refractivity contribution >= 4 is 5.95 Å². The van der Waals surface area contributed by atoms with E-state index in [1.807, 2.05) is 26.4 Å². The highest BCUT2D eigenvalue weighted by Gasteiger charge is 2.15. The second kappa shape index (κ2) is 7.47. The summed E-state index contributed by atoms with van der Waals surface area (Å²) < 4.78 is 10.7. The molecule has 1 unspecified atom stereocenters. The number of nitrogens with zero attached hydrogens (tertiary/aromatic N) is 5. The van der Waals surface area contributed by atoms with Crippen LogP contribution in [0.2, 0.25) is 0 Å². The Balaban J connectivity index is 1.46. The minimum absolute atomic E-state index is 0.280. The van der Waals surface area contributed by atoms with Crippen molar-refractivity contribution in [2.45, 2.75) is 39.0 Å². The standard InChI is InChI=1S/C15H22N6O2/c1-11-19-14(23-20-11)10-21(2)9-12-6-16-15(17-7-12)18-8-13-4-3-5-22-13/h6-7,13H,3-5,8-10H2,1-2H3,(H,16,17,18). The third-order valence-electron chi connectivity index (χ3n) is 3.64. The summed E-state index contributed by atoms with van der Waals surface area (Å²) in [7, 11) is 1.99. The van der Waals surface area contributed by atoms with Crippen molar-refractivity contribution in [3.05, 3.63) is 29.7 Å². The topological polar surface area (TPSA) is 89.2 Å². The predicted octanol–water partition coefficient (Wildman–Crippen LogP) is 1.39. The number of hydrogen-bond donors (Lipinski definition) is 1. The molecule has 3 rings (SSSR count). The third kappa shape index (κ3) is 4.70. The number of nitrogens with one attached hydrogen (secondary N) is 1. The summed E-state index contributed by atoms with van der Waals surface area (Å²) in [6.07, 6.45) is 6.19. The molecule has 0 saturated carbocycles. The molecule has 3 heterocycles. The molecule has 1 aliphatic rings. The summed E-state index contributed by atoms with van der Waals surface area (Å²) in [5.74, 6) is 1.90. The molecule has 1 atom stereocenters. The molecule has 23 heavy (non-hydrogen) atoms. The van der Waals surface area contributed by atoms with Crippen LogP contribution in [0, 0.1) is 6.92 Å². The van der Waals surface area contributed by atoms with E-state index in [0.717, 1.165) is 31.6 Å². The lowest BCUT2D eigenvalue weighted by molar-refractivity contribution is 0.120. The van der Waals surface area contributed by atoms with Crippen LogP contribution in [-0.4, -0.2) is 51.3 Å². The molecule has 8 nitrogen and oxygen atoms in total. The summed E-state index contributed by atoms with van der Waals surface area (Å²) in [4.78, 5) is 15.0. The van der Waals surface area contributed by atoms with E-state index in [0.29, 0.717) is 30.8 Å². The van der Waals surface area contributed by atoms with Gasteiger partial charge in [-0.25, -0.2) is 9.97 Å². The van der Waals surface area contributed by atoms with Crippen molar-refractivity contribution in [1.29, 1.82) is 0 Å². The molecule has 0 aromatic carbocycles. The number of aromatic nitrogens is 4. The molecule has 0 aliphatic carbocycles. The van der Waals surface area contributed by atoms with Crippen LogP contribution in [0.25, 0.3) is 0 Å². The Bertz CT molecular complexity index is 609. The van der Waals surface area contributed by atoms with Crippen LogP contribution in [0.5, 0.6) is 0 Å². The highest BCUT2D eigenvalue weighted by Crippen LogP contribution is 2.12. The first kappa shape index (κ1) is 15.8. The number of aryl methyl sites for hydroxylation is 1. The molecule has 1 fully saturated rings. The molecular weight excluding hydrogens is 296 g/mol. The quantitative estimate of drug-likeness (QED) is 0.819. The SMILES string of the molecule is Cc1noc(CN(C)Cc2cnc(NCC3CCCO3)nc2)n1. The predicted molar refractivity (Wildman–Crippen MR) is 83.7 cm³/mol. The van der Waals surface area contributed by atoms with Gasteiger partial charge in [0.2, 0.25) is 11.8 Å². The van der Waals surface area contributed by atoms with Crippen molar-refractivity contribution in [2.24, 2.45) is 0 Å². The van der Waals surface area contributed by atoms with Gasteiger partial charge >= 0.3 is 0 Å². The van der Waals surface area contributed by atoms with Gasteiger partial charge in [-0.2, -0.15) is 4.98 Å². The molecule has 0 amide bonds. The van der Waals surface area contributed by atoms with E-state index >= 15 is 0 Å². The monoisotopic (exact) mass is 318 g/mol. The van der Waals surface area contributed by atoms with E-state index in [1.165, 1.54) is 0 Å². The fourth-order valence-electron chi connectivity index (χ4n) is 2.54. The first-order valence-corrected chi connectivity index (χ1v) is 7.83. The minimum atomic E-state index is 0.280. The fourth-order valence-corrected chi connectivity index (χ4v) is 2.54. The molecule has 2 aromatic heterocycles. The highest BCUT2D eigenvalue weighted by molar-refractivity contribution is 5.24. The largest absolute Gasteiger partial charge is 0.376 e.